The summed E-state index contributed by atoms with van der Waals surface area (Å²) in [5.74, 6) is 0.647. The first-order chi connectivity index (χ1) is 7.09. The van der Waals surface area contributed by atoms with Gasteiger partial charge in [-0.1, -0.05) is 57.0 Å². The van der Waals surface area contributed by atoms with Gasteiger partial charge >= 0.3 is 0 Å². The molecule has 1 aromatic carbocycles. The minimum absolute atomic E-state index is 0.647. The fourth-order valence-corrected chi connectivity index (χ4v) is 1.34. The lowest BCUT2D eigenvalue weighted by Crippen LogP contribution is -1.89. The van der Waals surface area contributed by atoms with Crippen LogP contribution in [-0.4, -0.2) is 0 Å². The molecule has 0 aromatic heterocycles. The van der Waals surface area contributed by atoms with Gasteiger partial charge in [0.05, 0.1) is 0 Å². The van der Waals surface area contributed by atoms with Crippen molar-refractivity contribution in [1.82, 2.24) is 0 Å². The van der Waals surface area contributed by atoms with E-state index in [1.165, 1.54) is 16.7 Å². The largest absolute Gasteiger partial charge is 0.106 e. The Morgan fingerprint density at radius 1 is 0.867 bits per heavy atom. The molecule has 0 aliphatic rings. The molecular weight excluding hydrogens is 180 g/mol. The van der Waals surface area contributed by atoms with Crippen molar-refractivity contribution >= 4 is 0 Å². The fourth-order valence-electron chi connectivity index (χ4n) is 1.34. The maximum absolute atomic E-state index is 3.00. The van der Waals surface area contributed by atoms with E-state index in [4.69, 9.17) is 0 Å². The molecule has 0 unspecified atom stereocenters. The summed E-state index contributed by atoms with van der Waals surface area (Å²) in [5.41, 5.74) is 4.19. The van der Waals surface area contributed by atoms with E-state index in [0.717, 1.165) is 0 Å². The molecule has 0 heterocycles. The molecule has 0 saturated carbocycles. The van der Waals surface area contributed by atoms with Crippen molar-refractivity contribution < 1.29 is 0 Å². The highest BCUT2D eigenvalue weighted by Gasteiger charge is 1.99. The summed E-state index contributed by atoms with van der Waals surface area (Å²) in [7, 11) is 0. The minimum atomic E-state index is 0.647. The number of aryl methyl sites for hydroxylation is 2. The zero-order valence-electron chi connectivity index (χ0n) is 11.2. The Morgan fingerprint density at radius 3 is 1.47 bits per heavy atom. The highest BCUT2D eigenvalue weighted by Crippen LogP contribution is 2.17. The second-order valence-corrected chi connectivity index (χ2v) is 3.58. The van der Waals surface area contributed by atoms with Crippen LogP contribution < -0.4 is 0 Å². The lowest BCUT2D eigenvalue weighted by atomic mass is 9.99. The molecule has 0 aliphatic heterocycles. The lowest BCUT2D eigenvalue weighted by Gasteiger charge is -2.07. The quantitative estimate of drug-likeness (QED) is 0.550. The van der Waals surface area contributed by atoms with Crippen LogP contribution in [0.15, 0.2) is 31.4 Å². The Hall–Kier alpha value is -1.04. The summed E-state index contributed by atoms with van der Waals surface area (Å²) in [6.07, 6.45) is 0. The number of benzene rings is 1. The number of rotatable bonds is 1. The van der Waals surface area contributed by atoms with Gasteiger partial charge < -0.3 is 0 Å². The van der Waals surface area contributed by atoms with Gasteiger partial charge in [-0.2, -0.15) is 0 Å². The Bertz CT molecular complexity index is 238. The van der Waals surface area contributed by atoms with Crippen LogP contribution >= 0.6 is 0 Å². The molecule has 1 rings (SSSR count). The van der Waals surface area contributed by atoms with Gasteiger partial charge in [0.25, 0.3) is 0 Å². The second kappa shape index (κ2) is 9.51. The van der Waals surface area contributed by atoms with Crippen molar-refractivity contribution in [2.24, 2.45) is 0 Å². The van der Waals surface area contributed by atoms with E-state index in [9.17, 15) is 0 Å². The van der Waals surface area contributed by atoms with Crippen LogP contribution in [-0.2, 0) is 0 Å². The topological polar surface area (TPSA) is 0 Å². The van der Waals surface area contributed by atoms with Gasteiger partial charge in [0, 0.05) is 0 Å². The van der Waals surface area contributed by atoms with Crippen molar-refractivity contribution in [3.63, 3.8) is 0 Å². The zero-order valence-corrected chi connectivity index (χ0v) is 11.2. The summed E-state index contributed by atoms with van der Waals surface area (Å²) in [6, 6.07) is 6.74. The molecule has 0 saturated heterocycles. The van der Waals surface area contributed by atoms with Gasteiger partial charge in [-0.25, -0.2) is 0 Å². The molecular formula is C15H26. The van der Waals surface area contributed by atoms with E-state index < -0.39 is 0 Å². The van der Waals surface area contributed by atoms with Crippen LogP contribution in [0.5, 0.6) is 0 Å². The van der Waals surface area contributed by atoms with E-state index in [1.54, 1.807) is 0 Å². The molecule has 15 heavy (non-hydrogen) atoms. The van der Waals surface area contributed by atoms with Crippen LogP contribution in [0.1, 0.15) is 50.3 Å². The third-order valence-electron chi connectivity index (χ3n) is 1.91. The van der Waals surface area contributed by atoms with Crippen molar-refractivity contribution in [1.29, 1.82) is 0 Å². The molecule has 0 fully saturated rings. The first kappa shape index (κ1) is 16.4. The Kier molecular flexibility index (Phi) is 10.4. The molecule has 0 N–H and O–H groups in total. The van der Waals surface area contributed by atoms with E-state index in [-0.39, 0.29) is 0 Å². The van der Waals surface area contributed by atoms with Gasteiger partial charge in [0.1, 0.15) is 0 Å². The predicted molar refractivity (Wildman–Crippen MR) is 72.6 cm³/mol. The smallest absolute Gasteiger partial charge is 0.0219 e. The Morgan fingerprint density at radius 2 is 1.20 bits per heavy atom. The van der Waals surface area contributed by atoms with Crippen LogP contribution in [0.2, 0.25) is 0 Å². The highest BCUT2D eigenvalue weighted by atomic mass is 14.0. The van der Waals surface area contributed by atoms with Crippen molar-refractivity contribution in [2.75, 3.05) is 0 Å². The SMILES string of the molecule is C=C.CC.Cc1cc(C)cc(C(C)C)c1. The molecule has 0 heteroatoms. The first-order valence-electron chi connectivity index (χ1n) is 5.68. The van der Waals surface area contributed by atoms with E-state index >= 15 is 0 Å². The van der Waals surface area contributed by atoms with Crippen LogP contribution in [0.25, 0.3) is 0 Å². The number of hydrogen-bond acceptors (Lipinski definition) is 0. The molecule has 0 nitrogen and oxygen atoms in total. The summed E-state index contributed by atoms with van der Waals surface area (Å²) in [6.45, 7) is 18.8. The summed E-state index contributed by atoms with van der Waals surface area (Å²) >= 11 is 0. The van der Waals surface area contributed by atoms with Crippen LogP contribution in [0, 0.1) is 13.8 Å². The molecule has 1 aromatic rings. The molecule has 86 valence electrons. The summed E-state index contributed by atoms with van der Waals surface area (Å²) in [4.78, 5) is 0. The van der Waals surface area contributed by atoms with Crippen LogP contribution in [0.3, 0.4) is 0 Å². The third-order valence-corrected chi connectivity index (χ3v) is 1.91. The Balaban J connectivity index is 0. The summed E-state index contributed by atoms with van der Waals surface area (Å²) < 4.78 is 0. The minimum Gasteiger partial charge on any atom is -0.106 e. The standard InChI is InChI=1S/C11H16.C2H6.C2H4/c1-8(2)11-6-9(3)5-10(4)7-11;2*1-2/h5-8H,1-4H3;1-2H3;1-2H2. The highest BCUT2D eigenvalue weighted by molar-refractivity contribution is 5.30. The molecule has 0 bridgehead atoms. The van der Waals surface area contributed by atoms with Gasteiger partial charge in [-0.05, 0) is 25.3 Å². The monoisotopic (exact) mass is 206 g/mol. The van der Waals surface area contributed by atoms with E-state index in [2.05, 4.69) is 59.1 Å². The zero-order chi connectivity index (χ0) is 12.4. The molecule has 0 aliphatic carbocycles. The molecule has 0 atom stereocenters. The maximum atomic E-state index is 3.00. The lowest BCUT2D eigenvalue weighted by molar-refractivity contribution is 0.863. The fraction of sp³-hybridized carbons (Fsp3) is 0.467. The van der Waals surface area contributed by atoms with E-state index in [0.29, 0.717) is 5.92 Å². The van der Waals surface area contributed by atoms with Crippen LogP contribution in [0.4, 0.5) is 0 Å². The molecule has 0 amide bonds. The third kappa shape index (κ3) is 6.96. The average molecular weight is 206 g/mol. The predicted octanol–water partition coefficient (Wildman–Crippen LogP) is 5.26. The molecule has 0 spiro atoms. The van der Waals surface area contributed by atoms with Gasteiger partial charge in [0.15, 0.2) is 0 Å². The van der Waals surface area contributed by atoms with Gasteiger partial charge in [-0.15, -0.1) is 13.2 Å². The van der Waals surface area contributed by atoms with Crippen molar-refractivity contribution in [2.45, 2.75) is 47.5 Å². The average Bonchev–Trinajstić information content (AvgIpc) is 2.22. The van der Waals surface area contributed by atoms with Crippen molar-refractivity contribution in [3.05, 3.63) is 48.0 Å². The Labute approximate surface area is 96.0 Å². The van der Waals surface area contributed by atoms with Crippen molar-refractivity contribution in [3.8, 4) is 0 Å². The van der Waals surface area contributed by atoms with E-state index in [1.807, 2.05) is 13.8 Å². The number of hydrogen-bond donors (Lipinski definition) is 0. The molecule has 0 radical (unpaired) electrons. The van der Waals surface area contributed by atoms with Gasteiger partial charge in [0.2, 0.25) is 0 Å². The summed E-state index contributed by atoms with van der Waals surface area (Å²) in [5, 5.41) is 0. The maximum Gasteiger partial charge on any atom is -0.0219 e. The second-order valence-electron chi connectivity index (χ2n) is 3.58. The normalized spacial score (nSPS) is 8.47. The van der Waals surface area contributed by atoms with Gasteiger partial charge in [-0.3, -0.25) is 0 Å². The first-order valence-corrected chi connectivity index (χ1v) is 5.68.